The Morgan fingerprint density at radius 1 is 1.18 bits per heavy atom. The molecule has 11 heavy (non-hydrogen) atoms. The normalized spacial score (nSPS) is 12.0. The van der Waals surface area contributed by atoms with Crippen molar-refractivity contribution in [2.24, 2.45) is 0 Å². The van der Waals surface area contributed by atoms with Gasteiger partial charge in [0.25, 0.3) is 0 Å². The van der Waals surface area contributed by atoms with E-state index in [4.69, 9.17) is 0 Å². The highest BCUT2D eigenvalue weighted by molar-refractivity contribution is 4.89. The molecule has 0 heterocycles. The topological polar surface area (TPSA) is 20.2 Å². The van der Waals surface area contributed by atoms with Crippen molar-refractivity contribution in [2.45, 2.75) is 52.4 Å². The molecule has 0 bridgehead atoms. The Morgan fingerprint density at radius 3 is 2.45 bits per heavy atom. The third-order valence-electron chi connectivity index (χ3n) is 1.69. The first-order valence-electron chi connectivity index (χ1n) is 4.69. The molecule has 1 N–H and O–H groups in total. The molecule has 66 valence electrons. The zero-order valence-corrected chi connectivity index (χ0v) is 7.77. The third-order valence-corrected chi connectivity index (χ3v) is 1.69. The van der Waals surface area contributed by atoms with E-state index in [0.717, 1.165) is 19.3 Å². The van der Waals surface area contributed by atoms with Crippen molar-refractivity contribution in [3.63, 3.8) is 0 Å². The van der Waals surface area contributed by atoms with E-state index in [2.05, 4.69) is 13.8 Å². The molecule has 0 fully saturated rings. The van der Waals surface area contributed by atoms with Crippen molar-refractivity contribution in [1.29, 1.82) is 0 Å². The average Bonchev–Trinajstić information content (AvgIpc) is 1.99. The molecule has 0 rings (SSSR count). The van der Waals surface area contributed by atoms with Crippen LogP contribution in [0.2, 0.25) is 0 Å². The molecule has 1 heteroatoms. The number of aliphatic hydroxyl groups excluding tert-OH is 1. The lowest BCUT2D eigenvalue weighted by molar-refractivity contribution is 0.383. The van der Waals surface area contributed by atoms with Gasteiger partial charge in [-0.15, -0.1) is 0 Å². The molecule has 0 aliphatic carbocycles. The molecule has 0 atom stereocenters. The van der Waals surface area contributed by atoms with E-state index in [-0.39, 0.29) is 0 Å². The standard InChI is InChI=1S/C10H20O/c1-3-5-6-7-9-10(11)8-4-2/h9,11H,3-8H2,1-2H3. The number of unbranched alkanes of at least 4 members (excludes halogenated alkanes) is 3. The molecule has 0 saturated carbocycles. The molecule has 0 spiro atoms. The number of allylic oxidation sites excluding steroid dienone is 2. The van der Waals surface area contributed by atoms with Crippen LogP contribution >= 0.6 is 0 Å². The van der Waals surface area contributed by atoms with Gasteiger partial charge in [-0.1, -0.05) is 26.7 Å². The molecular weight excluding hydrogens is 136 g/mol. The molecule has 0 radical (unpaired) electrons. The Morgan fingerprint density at radius 2 is 1.91 bits per heavy atom. The molecule has 0 unspecified atom stereocenters. The summed E-state index contributed by atoms with van der Waals surface area (Å²) in [4.78, 5) is 0. The average molecular weight is 156 g/mol. The molecule has 0 aromatic carbocycles. The number of hydrogen-bond donors (Lipinski definition) is 1. The zero-order chi connectivity index (χ0) is 8.53. The first-order valence-corrected chi connectivity index (χ1v) is 4.69. The first-order chi connectivity index (χ1) is 5.31. The highest BCUT2D eigenvalue weighted by atomic mass is 16.3. The van der Waals surface area contributed by atoms with E-state index >= 15 is 0 Å². The maximum Gasteiger partial charge on any atom is 0.0882 e. The summed E-state index contributed by atoms with van der Waals surface area (Å²) in [5.41, 5.74) is 0. The van der Waals surface area contributed by atoms with E-state index in [1.54, 1.807) is 0 Å². The SMILES string of the molecule is CCCCCC=C(O)CCC. The van der Waals surface area contributed by atoms with Crippen LogP contribution in [0.1, 0.15) is 52.4 Å². The van der Waals surface area contributed by atoms with Crippen molar-refractivity contribution >= 4 is 0 Å². The number of hydrogen-bond acceptors (Lipinski definition) is 1. The molecule has 0 aromatic heterocycles. The van der Waals surface area contributed by atoms with Crippen LogP contribution in [0.4, 0.5) is 0 Å². The minimum Gasteiger partial charge on any atom is -0.513 e. The van der Waals surface area contributed by atoms with Crippen LogP contribution in [0.25, 0.3) is 0 Å². The molecule has 0 aliphatic heterocycles. The van der Waals surface area contributed by atoms with Crippen LogP contribution in [-0.2, 0) is 0 Å². The fraction of sp³-hybridized carbons (Fsp3) is 0.800. The van der Waals surface area contributed by atoms with Crippen molar-refractivity contribution in [3.8, 4) is 0 Å². The quantitative estimate of drug-likeness (QED) is 0.458. The summed E-state index contributed by atoms with van der Waals surface area (Å²) in [6, 6.07) is 0. The van der Waals surface area contributed by atoms with Gasteiger partial charge in [0.2, 0.25) is 0 Å². The first kappa shape index (κ1) is 10.5. The molecule has 0 aliphatic rings. The highest BCUT2D eigenvalue weighted by Crippen LogP contribution is 2.05. The monoisotopic (exact) mass is 156 g/mol. The van der Waals surface area contributed by atoms with Crippen LogP contribution in [0.15, 0.2) is 11.8 Å². The van der Waals surface area contributed by atoms with Crippen LogP contribution in [0.3, 0.4) is 0 Å². The van der Waals surface area contributed by atoms with Crippen LogP contribution in [0, 0.1) is 0 Å². The molecule has 1 nitrogen and oxygen atoms in total. The summed E-state index contributed by atoms with van der Waals surface area (Å²) in [5.74, 6) is 0.573. The summed E-state index contributed by atoms with van der Waals surface area (Å²) in [6.07, 6.45) is 8.61. The van der Waals surface area contributed by atoms with Gasteiger partial charge in [0.05, 0.1) is 5.76 Å². The van der Waals surface area contributed by atoms with Gasteiger partial charge in [-0.25, -0.2) is 0 Å². The zero-order valence-electron chi connectivity index (χ0n) is 7.77. The van der Waals surface area contributed by atoms with Crippen molar-refractivity contribution < 1.29 is 5.11 Å². The summed E-state index contributed by atoms with van der Waals surface area (Å²) in [5, 5.41) is 9.21. The predicted octanol–water partition coefficient (Wildman–Crippen LogP) is 3.81. The third kappa shape index (κ3) is 7.44. The minimum atomic E-state index is 0.573. The van der Waals surface area contributed by atoms with E-state index in [9.17, 15) is 5.11 Å². The van der Waals surface area contributed by atoms with Gasteiger partial charge >= 0.3 is 0 Å². The van der Waals surface area contributed by atoms with Crippen LogP contribution < -0.4 is 0 Å². The van der Waals surface area contributed by atoms with Crippen LogP contribution in [-0.4, -0.2) is 5.11 Å². The fourth-order valence-electron chi connectivity index (χ4n) is 1.02. The van der Waals surface area contributed by atoms with Gasteiger partial charge in [-0.3, -0.25) is 0 Å². The molecular formula is C10H20O. The second-order valence-corrected chi connectivity index (χ2v) is 2.94. The predicted molar refractivity (Wildman–Crippen MR) is 49.8 cm³/mol. The largest absolute Gasteiger partial charge is 0.513 e. The van der Waals surface area contributed by atoms with E-state index in [1.165, 1.54) is 19.3 Å². The smallest absolute Gasteiger partial charge is 0.0882 e. The summed E-state index contributed by atoms with van der Waals surface area (Å²) < 4.78 is 0. The number of rotatable bonds is 6. The molecule has 0 saturated heterocycles. The van der Waals surface area contributed by atoms with Crippen molar-refractivity contribution in [3.05, 3.63) is 11.8 Å². The van der Waals surface area contributed by atoms with E-state index in [1.807, 2.05) is 6.08 Å². The van der Waals surface area contributed by atoms with Gasteiger partial charge < -0.3 is 5.11 Å². The summed E-state index contributed by atoms with van der Waals surface area (Å²) >= 11 is 0. The van der Waals surface area contributed by atoms with Crippen LogP contribution in [0.5, 0.6) is 0 Å². The Hall–Kier alpha value is -0.460. The van der Waals surface area contributed by atoms with Crippen molar-refractivity contribution in [1.82, 2.24) is 0 Å². The summed E-state index contributed by atoms with van der Waals surface area (Å²) in [6.45, 7) is 4.27. The fourth-order valence-corrected chi connectivity index (χ4v) is 1.02. The van der Waals surface area contributed by atoms with Gasteiger partial charge in [0.1, 0.15) is 0 Å². The Bertz CT molecular complexity index is 105. The Kier molecular flexibility index (Phi) is 7.33. The minimum absolute atomic E-state index is 0.573. The van der Waals surface area contributed by atoms with E-state index in [0.29, 0.717) is 5.76 Å². The second-order valence-electron chi connectivity index (χ2n) is 2.94. The maximum absolute atomic E-state index is 9.21. The van der Waals surface area contributed by atoms with Gasteiger partial charge in [-0.2, -0.15) is 0 Å². The Labute approximate surface area is 70.1 Å². The lowest BCUT2D eigenvalue weighted by Crippen LogP contribution is -1.80. The number of aliphatic hydroxyl groups is 1. The summed E-state index contributed by atoms with van der Waals surface area (Å²) in [7, 11) is 0. The lowest BCUT2D eigenvalue weighted by Gasteiger charge is -1.96. The van der Waals surface area contributed by atoms with E-state index < -0.39 is 0 Å². The molecule has 0 aromatic rings. The van der Waals surface area contributed by atoms with Crippen molar-refractivity contribution in [2.75, 3.05) is 0 Å². The van der Waals surface area contributed by atoms with Gasteiger partial charge in [0.15, 0.2) is 0 Å². The Balaban J connectivity index is 3.24. The highest BCUT2D eigenvalue weighted by Gasteiger charge is 1.89. The molecule has 0 amide bonds. The maximum atomic E-state index is 9.21. The lowest BCUT2D eigenvalue weighted by atomic mass is 10.2. The second kappa shape index (κ2) is 7.64. The van der Waals surface area contributed by atoms with Gasteiger partial charge in [-0.05, 0) is 25.3 Å². The van der Waals surface area contributed by atoms with Gasteiger partial charge in [0, 0.05) is 6.42 Å².